The Balaban J connectivity index is 1.71. The number of nitrogens with zero attached hydrogens (tertiary/aromatic N) is 15. The number of aliphatic hydroxyl groups is 2. The van der Waals surface area contributed by atoms with Crippen LogP contribution in [0.5, 0.6) is 0 Å². The quantitative estimate of drug-likeness (QED) is 0.0820. The Hall–Kier alpha value is -6.97. The minimum absolute atomic E-state index is 0.00312. The van der Waals surface area contributed by atoms with Crippen LogP contribution in [0, 0.1) is 29.6 Å². The molecule has 0 aliphatic rings. The van der Waals surface area contributed by atoms with Gasteiger partial charge < -0.3 is 21.7 Å². The van der Waals surface area contributed by atoms with Crippen molar-refractivity contribution in [2.45, 2.75) is 59.3 Å². The van der Waals surface area contributed by atoms with Crippen molar-refractivity contribution < 1.29 is 19.8 Å². The van der Waals surface area contributed by atoms with Crippen LogP contribution in [0.15, 0.2) is 32.9 Å². The first-order chi connectivity index (χ1) is 26.4. The van der Waals surface area contributed by atoms with Crippen molar-refractivity contribution in [1.82, 2.24) is 44.1 Å². The van der Waals surface area contributed by atoms with Gasteiger partial charge in [-0.15, -0.1) is 20.5 Å². The predicted octanol–water partition coefficient (Wildman–Crippen LogP) is 4.00. The van der Waals surface area contributed by atoms with Crippen LogP contribution in [0.4, 0.5) is 34.6 Å². The molecule has 21 heteroatoms. The molecule has 0 saturated carbocycles. The molecule has 0 spiro atoms. The Morgan fingerprint density at radius 1 is 0.745 bits per heavy atom. The van der Waals surface area contributed by atoms with Crippen molar-refractivity contribution in [3.05, 3.63) is 51.6 Å². The third-order valence-electron chi connectivity index (χ3n) is 8.69. The highest BCUT2D eigenvalue weighted by atomic mass is 16.3. The lowest BCUT2D eigenvalue weighted by Crippen LogP contribution is -2.15. The second kappa shape index (κ2) is 16.8. The predicted molar refractivity (Wildman–Crippen MR) is 196 cm³/mol. The van der Waals surface area contributed by atoms with Crippen molar-refractivity contribution in [3.63, 3.8) is 0 Å². The number of aryl methyl sites for hydroxylation is 4. The number of pyridine rings is 1. The smallest absolute Gasteiger partial charge is 0.193 e. The van der Waals surface area contributed by atoms with Crippen LogP contribution in [0.3, 0.4) is 0 Å². The van der Waals surface area contributed by atoms with E-state index in [9.17, 15) is 30.3 Å². The molecule has 0 aromatic carbocycles. The zero-order chi connectivity index (χ0) is 40.0. The number of rotatable bonds is 16. The number of aliphatic hydroxyl groups excluding tert-OH is 2. The maximum Gasteiger partial charge on any atom is 0.193 e. The number of carbonyl (C=O) groups excluding carboxylic acids is 2. The molecule has 0 aliphatic carbocycles. The molecule has 5 aromatic rings. The highest BCUT2D eigenvalue weighted by Crippen LogP contribution is 2.37. The van der Waals surface area contributed by atoms with Gasteiger partial charge in [0.15, 0.2) is 57.8 Å². The van der Waals surface area contributed by atoms with E-state index in [0.717, 1.165) is 12.8 Å². The number of aromatic nitrogens is 9. The third-order valence-corrected chi connectivity index (χ3v) is 8.69. The zero-order valence-corrected chi connectivity index (χ0v) is 30.9. The van der Waals surface area contributed by atoms with Gasteiger partial charge in [0.05, 0.1) is 34.9 Å². The Bertz CT molecular complexity index is 2250. The largest absolute Gasteiger partial charge is 0.388 e. The Kier molecular flexibility index (Phi) is 12.0. The summed E-state index contributed by atoms with van der Waals surface area (Å²) in [6, 6.07) is 4.24. The topological polar surface area (TPSA) is 308 Å². The fraction of sp³-hybridized carbons (Fsp3) is 0.382. The van der Waals surface area contributed by atoms with E-state index in [1.54, 1.807) is 21.0 Å². The summed E-state index contributed by atoms with van der Waals surface area (Å²) in [6.45, 7) is 4.07. The number of carbonyl (C=O) groups is 2. The normalized spacial score (nSPS) is 11.5. The van der Waals surface area contributed by atoms with E-state index >= 15 is 0 Å². The van der Waals surface area contributed by atoms with Crippen LogP contribution in [-0.4, -0.2) is 79.1 Å². The van der Waals surface area contributed by atoms with Gasteiger partial charge >= 0.3 is 0 Å². The first-order valence-electron chi connectivity index (χ1n) is 17.2. The zero-order valence-electron chi connectivity index (χ0n) is 30.9. The molecule has 0 bridgehead atoms. The van der Waals surface area contributed by atoms with E-state index in [1.165, 1.54) is 31.1 Å². The Morgan fingerprint density at radius 2 is 1.15 bits per heavy atom. The first kappa shape index (κ1) is 39.2. The van der Waals surface area contributed by atoms with Crippen LogP contribution < -0.4 is 11.5 Å². The van der Waals surface area contributed by atoms with Gasteiger partial charge in [0.25, 0.3) is 0 Å². The van der Waals surface area contributed by atoms with Crippen LogP contribution in [0.25, 0.3) is 11.6 Å². The molecule has 0 unspecified atom stereocenters. The summed E-state index contributed by atoms with van der Waals surface area (Å²) in [5.74, 6) is -1.20. The van der Waals surface area contributed by atoms with Crippen LogP contribution in [0.1, 0.15) is 88.3 Å². The van der Waals surface area contributed by atoms with Gasteiger partial charge in [-0.1, -0.05) is 26.7 Å². The lowest BCUT2D eigenvalue weighted by atomic mass is 10.1. The maximum absolute atomic E-state index is 12.3. The molecular formula is C34H39N17O4. The summed E-state index contributed by atoms with van der Waals surface area (Å²) in [4.78, 5) is 29.4. The average Bonchev–Trinajstić information content (AvgIpc) is 3.92. The summed E-state index contributed by atoms with van der Waals surface area (Å²) in [5, 5.41) is 74.3. The standard InChI is InChI=1S/C34H39N17O4/c1-6-8-10-23-27(42-44-33-21(25(54)16-52)14-39-48(33)4)29(37)50(46-23)31-19(12-35)18(3)20(13-36)32(41-31)51-30(38)28(24(47-51)11-9-7-2)43-45-34-22(26(55)17-53)15-40-49(34)5/h14-15,52-53H,6-11,16-17,37-38H2,1-5H3/b44-42+,45-43+. The molecule has 0 aliphatic heterocycles. The van der Waals surface area contributed by atoms with Crippen molar-refractivity contribution in [2.24, 2.45) is 34.6 Å². The van der Waals surface area contributed by atoms with Crippen molar-refractivity contribution in [2.75, 3.05) is 24.7 Å². The van der Waals surface area contributed by atoms with E-state index in [1.807, 2.05) is 13.8 Å². The molecule has 0 saturated heterocycles. The minimum atomic E-state index is -0.749. The number of unbranched alkanes of at least 4 members (excludes halogenated alkanes) is 2. The van der Waals surface area contributed by atoms with E-state index in [4.69, 9.17) is 26.6 Å². The lowest BCUT2D eigenvalue weighted by Gasteiger charge is -2.14. The van der Waals surface area contributed by atoms with Crippen LogP contribution in [0.2, 0.25) is 0 Å². The summed E-state index contributed by atoms with van der Waals surface area (Å²) >= 11 is 0. The van der Waals surface area contributed by atoms with E-state index < -0.39 is 24.8 Å². The summed E-state index contributed by atoms with van der Waals surface area (Å²) < 4.78 is 5.12. The van der Waals surface area contributed by atoms with Gasteiger partial charge in [0.1, 0.15) is 36.5 Å². The fourth-order valence-corrected chi connectivity index (χ4v) is 5.61. The molecule has 21 nitrogen and oxygen atoms in total. The fourth-order valence-electron chi connectivity index (χ4n) is 5.61. The number of hydrogen-bond acceptors (Lipinski definition) is 17. The molecule has 0 amide bonds. The Labute approximate surface area is 314 Å². The monoisotopic (exact) mass is 749 g/mol. The second-order valence-corrected chi connectivity index (χ2v) is 12.3. The molecule has 5 rings (SSSR count). The number of anilines is 2. The molecule has 5 heterocycles. The SMILES string of the molecule is CCCCc1nn(-c2nc(-n3nc(CCCC)c(/N=N/c4c(C(=O)CO)cnn4C)c3N)c(C#N)c(C)c2C#N)c(N)c1/N=N/c1c(C(=O)CO)cnn1C. The number of Topliss-reactive ketones (excluding diaryl/α,β-unsaturated/α-hetero) is 2. The molecule has 55 heavy (non-hydrogen) atoms. The van der Waals surface area contributed by atoms with Gasteiger partial charge in [0, 0.05) is 14.1 Å². The van der Waals surface area contributed by atoms with Crippen molar-refractivity contribution >= 4 is 46.2 Å². The second-order valence-electron chi connectivity index (χ2n) is 12.3. The van der Waals surface area contributed by atoms with Crippen molar-refractivity contribution in [1.29, 1.82) is 10.5 Å². The van der Waals surface area contributed by atoms with Crippen LogP contribution >= 0.6 is 0 Å². The minimum Gasteiger partial charge on any atom is -0.388 e. The first-order valence-corrected chi connectivity index (χ1v) is 17.2. The third kappa shape index (κ3) is 7.46. The number of hydrogen-bond donors (Lipinski definition) is 4. The maximum atomic E-state index is 12.3. The van der Waals surface area contributed by atoms with Gasteiger partial charge in [0.2, 0.25) is 0 Å². The lowest BCUT2D eigenvalue weighted by molar-refractivity contribution is 0.0898. The summed E-state index contributed by atoms with van der Waals surface area (Å²) in [6.07, 6.45) is 6.40. The van der Waals surface area contributed by atoms with E-state index in [2.05, 4.69) is 42.8 Å². The number of nitriles is 2. The molecular weight excluding hydrogens is 710 g/mol. The molecule has 0 fully saturated rings. The summed E-state index contributed by atoms with van der Waals surface area (Å²) in [5.41, 5.74) is 14.9. The molecule has 0 atom stereocenters. The van der Waals surface area contributed by atoms with Gasteiger partial charge in [-0.25, -0.2) is 14.3 Å². The highest BCUT2D eigenvalue weighted by Gasteiger charge is 2.28. The number of nitrogen functional groups attached to an aromatic ring is 2. The molecule has 0 radical (unpaired) electrons. The molecule has 284 valence electrons. The summed E-state index contributed by atoms with van der Waals surface area (Å²) in [7, 11) is 3.13. The van der Waals surface area contributed by atoms with Gasteiger partial charge in [-0.2, -0.15) is 40.3 Å². The van der Waals surface area contributed by atoms with E-state index in [-0.39, 0.29) is 74.1 Å². The van der Waals surface area contributed by atoms with Gasteiger partial charge in [-0.3, -0.25) is 9.59 Å². The number of ketones is 2. The number of azo groups is 2. The average molecular weight is 750 g/mol. The van der Waals surface area contributed by atoms with Crippen molar-refractivity contribution in [3.8, 4) is 23.8 Å². The van der Waals surface area contributed by atoms with Crippen LogP contribution in [-0.2, 0) is 26.9 Å². The number of nitrogens with two attached hydrogens (primary N) is 2. The molecule has 6 N–H and O–H groups in total. The molecule has 5 aromatic heterocycles. The highest BCUT2D eigenvalue weighted by molar-refractivity contribution is 6.01. The van der Waals surface area contributed by atoms with Gasteiger partial charge in [-0.05, 0) is 38.2 Å². The Morgan fingerprint density at radius 3 is 1.49 bits per heavy atom. The van der Waals surface area contributed by atoms with E-state index in [0.29, 0.717) is 37.1 Å².